The number of ether oxygens (including phenoxy) is 2. The number of aryl methyl sites for hydroxylation is 1. The SMILES string of the molecule is O=C(O)C[C@@H]1COc2cc(OC3CCc4ccc(C(F)(F)F)cc43)ccc21. The molecule has 0 radical (unpaired) electrons. The van der Waals surface area contributed by atoms with E-state index in [-0.39, 0.29) is 12.3 Å². The van der Waals surface area contributed by atoms with Gasteiger partial charge in [-0.3, -0.25) is 4.79 Å². The summed E-state index contributed by atoms with van der Waals surface area (Å²) in [5.74, 6) is -0.0195. The van der Waals surface area contributed by atoms with Crippen molar-refractivity contribution in [1.82, 2.24) is 0 Å². The Balaban J connectivity index is 1.55. The summed E-state index contributed by atoms with van der Waals surface area (Å²) in [5.41, 5.74) is 1.57. The third-order valence-corrected chi connectivity index (χ3v) is 5.06. The maximum atomic E-state index is 13.0. The number of hydrogen-bond donors (Lipinski definition) is 1. The van der Waals surface area contributed by atoms with Gasteiger partial charge < -0.3 is 14.6 Å². The number of carbonyl (C=O) groups is 1. The van der Waals surface area contributed by atoms with Gasteiger partial charge in [0.05, 0.1) is 18.6 Å². The van der Waals surface area contributed by atoms with Gasteiger partial charge in [-0.1, -0.05) is 12.1 Å². The fourth-order valence-corrected chi connectivity index (χ4v) is 3.74. The first-order chi connectivity index (χ1) is 12.8. The summed E-state index contributed by atoms with van der Waals surface area (Å²) in [5, 5.41) is 8.96. The lowest BCUT2D eigenvalue weighted by Crippen LogP contribution is -2.08. The van der Waals surface area contributed by atoms with Crippen LogP contribution in [0.25, 0.3) is 0 Å². The maximum absolute atomic E-state index is 13.0. The molecule has 0 fully saturated rings. The lowest BCUT2D eigenvalue weighted by atomic mass is 9.98. The summed E-state index contributed by atoms with van der Waals surface area (Å²) >= 11 is 0. The molecule has 0 saturated heterocycles. The van der Waals surface area contributed by atoms with Gasteiger partial charge in [-0.15, -0.1) is 0 Å². The van der Waals surface area contributed by atoms with E-state index < -0.39 is 23.8 Å². The van der Waals surface area contributed by atoms with Crippen molar-refractivity contribution in [2.45, 2.75) is 37.5 Å². The molecule has 0 spiro atoms. The molecule has 1 aliphatic carbocycles. The van der Waals surface area contributed by atoms with Crippen molar-refractivity contribution in [2.75, 3.05) is 6.61 Å². The minimum Gasteiger partial charge on any atom is -0.492 e. The van der Waals surface area contributed by atoms with E-state index in [1.165, 1.54) is 12.1 Å². The third kappa shape index (κ3) is 3.46. The summed E-state index contributed by atoms with van der Waals surface area (Å²) in [7, 11) is 0. The molecule has 1 heterocycles. The van der Waals surface area contributed by atoms with Crippen LogP contribution in [0.4, 0.5) is 13.2 Å². The van der Waals surface area contributed by atoms with Gasteiger partial charge in [0.1, 0.15) is 17.6 Å². The number of halogens is 3. The highest BCUT2D eigenvalue weighted by Crippen LogP contribution is 2.42. The normalized spacial score (nSPS) is 20.7. The van der Waals surface area contributed by atoms with Gasteiger partial charge >= 0.3 is 12.1 Å². The molecule has 2 aliphatic rings. The number of alkyl halides is 3. The quantitative estimate of drug-likeness (QED) is 0.836. The highest BCUT2D eigenvalue weighted by molar-refractivity contribution is 5.68. The van der Waals surface area contributed by atoms with E-state index in [1.807, 2.05) is 0 Å². The first kappa shape index (κ1) is 17.7. The van der Waals surface area contributed by atoms with E-state index >= 15 is 0 Å². The minimum absolute atomic E-state index is 0.0105. The van der Waals surface area contributed by atoms with Crippen molar-refractivity contribution < 1.29 is 32.5 Å². The summed E-state index contributed by atoms with van der Waals surface area (Å²) in [6.07, 6.45) is -3.57. The Morgan fingerprint density at radius 2 is 2.00 bits per heavy atom. The van der Waals surface area contributed by atoms with Crippen LogP contribution in [0.5, 0.6) is 11.5 Å². The van der Waals surface area contributed by atoms with E-state index in [0.717, 1.165) is 17.2 Å². The van der Waals surface area contributed by atoms with Crippen LogP contribution in [-0.2, 0) is 17.4 Å². The van der Waals surface area contributed by atoms with Crippen LogP contribution >= 0.6 is 0 Å². The molecular formula is C20H17F3O4. The van der Waals surface area contributed by atoms with Gasteiger partial charge in [0, 0.05) is 17.5 Å². The van der Waals surface area contributed by atoms with E-state index in [9.17, 15) is 18.0 Å². The van der Waals surface area contributed by atoms with Crippen molar-refractivity contribution in [2.24, 2.45) is 0 Å². The number of rotatable bonds is 4. The summed E-state index contributed by atoms with van der Waals surface area (Å²) < 4.78 is 50.5. The van der Waals surface area contributed by atoms with Gasteiger partial charge in [-0.2, -0.15) is 13.2 Å². The average molecular weight is 378 g/mol. The van der Waals surface area contributed by atoms with Crippen LogP contribution < -0.4 is 9.47 Å². The second-order valence-electron chi connectivity index (χ2n) is 6.86. The highest BCUT2D eigenvalue weighted by atomic mass is 19.4. The topological polar surface area (TPSA) is 55.8 Å². The van der Waals surface area contributed by atoms with Crippen molar-refractivity contribution in [3.05, 3.63) is 58.7 Å². The molecule has 0 saturated carbocycles. The summed E-state index contributed by atoms with van der Waals surface area (Å²) in [6.45, 7) is 0.298. The van der Waals surface area contributed by atoms with E-state index in [4.69, 9.17) is 14.6 Å². The maximum Gasteiger partial charge on any atom is 0.416 e. The molecule has 2 atom stereocenters. The van der Waals surface area contributed by atoms with E-state index in [2.05, 4.69) is 0 Å². The van der Waals surface area contributed by atoms with Crippen LogP contribution in [0.1, 0.15) is 47.1 Å². The molecule has 7 heteroatoms. The molecular weight excluding hydrogens is 361 g/mol. The smallest absolute Gasteiger partial charge is 0.416 e. The Morgan fingerprint density at radius 3 is 2.74 bits per heavy atom. The molecule has 4 nitrogen and oxygen atoms in total. The standard InChI is InChI=1S/C20H17F3O4/c21-20(22,23)13-3-1-11-2-6-17(16(11)8-13)27-14-4-5-15-12(7-19(24)25)10-26-18(15)9-14/h1,3-5,8-9,12,17H,2,6-7,10H2,(H,24,25)/t12-,17?/m1/s1. The second kappa shape index (κ2) is 6.48. The number of carboxylic acids is 1. The highest BCUT2D eigenvalue weighted by Gasteiger charge is 2.34. The Kier molecular flexibility index (Phi) is 4.25. The Morgan fingerprint density at radius 1 is 1.19 bits per heavy atom. The zero-order valence-corrected chi connectivity index (χ0v) is 14.3. The van der Waals surface area contributed by atoms with Crippen LogP contribution in [0.3, 0.4) is 0 Å². The van der Waals surface area contributed by atoms with Crippen molar-refractivity contribution in [1.29, 1.82) is 0 Å². The molecule has 4 rings (SSSR count). The summed E-state index contributed by atoms with van der Waals surface area (Å²) in [4.78, 5) is 10.9. The number of fused-ring (bicyclic) bond motifs is 2. The molecule has 1 aliphatic heterocycles. The van der Waals surface area contributed by atoms with Gasteiger partial charge in [0.2, 0.25) is 0 Å². The fraction of sp³-hybridized carbons (Fsp3) is 0.350. The molecule has 27 heavy (non-hydrogen) atoms. The second-order valence-corrected chi connectivity index (χ2v) is 6.86. The van der Waals surface area contributed by atoms with E-state index in [0.29, 0.717) is 36.5 Å². The number of aliphatic carboxylic acids is 1. The van der Waals surface area contributed by atoms with Crippen molar-refractivity contribution in [3.63, 3.8) is 0 Å². The lowest BCUT2D eigenvalue weighted by Gasteiger charge is -2.17. The molecule has 0 bridgehead atoms. The third-order valence-electron chi connectivity index (χ3n) is 5.06. The Labute approximate surface area is 153 Å². The number of hydrogen-bond acceptors (Lipinski definition) is 3. The van der Waals surface area contributed by atoms with Crippen molar-refractivity contribution >= 4 is 5.97 Å². The van der Waals surface area contributed by atoms with Crippen LogP contribution in [0.15, 0.2) is 36.4 Å². The number of carboxylic acid groups (broad SMARTS) is 1. The molecule has 1 unspecified atom stereocenters. The van der Waals surface area contributed by atoms with Crippen LogP contribution in [0, 0.1) is 0 Å². The van der Waals surface area contributed by atoms with Gasteiger partial charge in [-0.25, -0.2) is 0 Å². The fourth-order valence-electron chi connectivity index (χ4n) is 3.74. The average Bonchev–Trinajstić information content (AvgIpc) is 3.18. The van der Waals surface area contributed by atoms with Crippen LogP contribution in [0.2, 0.25) is 0 Å². The molecule has 0 aromatic heterocycles. The van der Waals surface area contributed by atoms with E-state index in [1.54, 1.807) is 18.2 Å². The zero-order valence-electron chi connectivity index (χ0n) is 14.3. The zero-order chi connectivity index (χ0) is 19.2. The van der Waals surface area contributed by atoms with Crippen LogP contribution in [-0.4, -0.2) is 17.7 Å². The predicted molar refractivity (Wildman–Crippen MR) is 90.1 cm³/mol. The Hall–Kier alpha value is -2.70. The van der Waals surface area contributed by atoms with Gasteiger partial charge in [-0.05, 0) is 42.2 Å². The first-order valence-electron chi connectivity index (χ1n) is 8.66. The summed E-state index contributed by atoms with van der Waals surface area (Å²) in [6, 6.07) is 8.96. The number of benzene rings is 2. The first-order valence-corrected chi connectivity index (χ1v) is 8.66. The Bertz CT molecular complexity index is 891. The van der Waals surface area contributed by atoms with Gasteiger partial charge in [0.25, 0.3) is 0 Å². The molecule has 0 amide bonds. The molecule has 1 N–H and O–H groups in total. The largest absolute Gasteiger partial charge is 0.492 e. The minimum atomic E-state index is -4.39. The predicted octanol–water partition coefficient (Wildman–Crippen LogP) is 4.72. The monoisotopic (exact) mass is 378 g/mol. The molecule has 2 aromatic rings. The lowest BCUT2D eigenvalue weighted by molar-refractivity contribution is -0.138. The van der Waals surface area contributed by atoms with Gasteiger partial charge in [0.15, 0.2) is 0 Å². The van der Waals surface area contributed by atoms with Crippen molar-refractivity contribution in [3.8, 4) is 11.5 Å². The molecule has 142 valence electrons. The molecule has 2 aromatic carbocycles.